The predicted octanol–water partition coefficient (Wildman–Crippen LogP) is 2.72. The van der Waals surface area contributed by atoms with E-state index < -0.39 is 9.84 Å². The molecule has 1 fully saturated rings. The van der Waals surface area contributed by atoms with Gasteiger partial charge in [-0.05, 0) is 31.9 Å². The molecule has 1 heterocycles. The van der Waals surface area contributed by atoms with Crippen LogP contribution in [0.15, 0.2) is 29.4 Å². The fourth-order valence-electron chi connectivity index (χ4n) is 2.31. The molecule has 1 aromatic carbocycles. The fraction of sp³-hybridized carbons (Fsp3) is 0.500. The number of nitrogens with zero attached hydrogens (tertiary/aromatic N) is 2. The summed E-state index contributed by atoms with van der Waals surface area (Å²) in [6.45, 7) is 4.34. The topological polar surface area (TPSA) is 49.7 Å². The number of sulfone groups is 1. The van der Waals surface area contributed by atoms with Gasteiger partial charge in [-0.15, -0.1) is 0 Å². The van der Waals surface area contributed by atoms with E-state index in [4.69, 9.17) is 11.6 Å². The van der Waals surface area contributed by atoms with Crippen LogP contribution in [0, 0.1) is 0 Å². The molecule has 1 aliphatic heterocycles. The molecule has 110 valence electrons. The van der Waals surface area contributed by atoms with Crippen molar-refractivity contribution in [3.63, 3.8) is 0 Å². The Morgan fingerprint density at radius 1 is 1.40 bits per heavy atom. The summed E-state index contributed by atoms with van der Waals surface area (Å²) in [6.07, 6.45) is 0.629. The van der Waals surface area contributed by atoms with Gasteiger partial charge >= 0.3 is 0 Å². The Morgan fingerprint density at radius 3 is 2.65 bits per heavy atom. The summed E-state index contributed by atoms with van der Waals surface area (Å²) in [5.74, 6) is 0.420. The lowest BCUT2D eigenvalue weighted by Crippen LogP contribution is -2.32. The minimum Gasteiger partial charge on any atom is -0.289 e. The maximum absolute atomic E-state index is 11.6. The Bertz CT molecular complexity index is 609. The average Bonchev–Trinajstić information content (AvgIpc) is 2.71. The zero-order valence-corrected chi connectivity index (χ0v) is 13.3. The average molecular weight is 315 g/mol. The summed E-state index contributed by atoms with van der Waals surface area (Å²) in [7, 11) is -2.92. The van der Waals surface area contributed by atoms with Gasteiger partial charge in [0, 0.05) is 10.7 Å². The number of halogens is 1. The van der Waals surface area contributed by atoms with Crippen LogP contribution in [0.3, 0.4) is 0 Å². The molecule has 0 unspecified atom stereocenters. The van der Waals surface area contributed by atoms with E-state index in [9.17, 15) is 8.42 Å². The maximum Gasteiger partial charge on any atom is 0.152 e. The number of hydrazone groups is 1. The van der Waals surface area contributed by atoms with Crippen LogP contribution in [-0.2, 0) is 16.4 Å². The highest BCUT2D eigenvalue weighted by Gasteiger charge is 2.32. The molecule has 1 atom stereocenters. The molecule has 0 radical (unpaired) electrons. The summed E-state index contributed by atoms with van der Waals surface area (Å²) in [5.41, 5.74) is 1.87. The second-order valence-corrected chi connectivity index (χ2v) is 7.93. The predicted molar refractivity (Wildman–Crippen MR) is 82.8 cm³/mol. The van der Waals surface area contributed by atoms with Crippen LogP contribution in [0.2, 0.25) is 5.02 Å². The van der Waals surface area contributed by atoms with Crippen LogP contribution in [0.1, 0.15) is 25.8 Å². The SMILES string of the molecule is CC(C)=NN(Cc1ccccc1Cl)[C@@H]1CCS(=O)(=O)C1. The molecule has 1 aromatic rings. The number of hydrogen-bond donors (Lipinski definition) is 0. The van der Waals surface area contributed by atoms with Crippen LogP contribution >= 0.6 is 11.6 Å². The molecule has 1 aliphatic rings. The van der Waals surface area contributed by atoms with Crippen LogP contribution in [-0.4, -0.2) is 36.7 Å². The van der Waals surface area contributed by atoms with Crippen LogP contribution in [0.4, 0.5) is 0 Å². The van der Waals surface area contributed by atoms with E-state index in [1.54, 1.807) is 0 Å². The molecule has 2 rings (SSSR count). The number of hydrogen-bond acceptors (Lipinski definition) is 4. The number of rotatable bonds is 4. The lowest BCUT2D eigenvalue weighted by molar-refractivity contribution is 0.213. The summed E-state index contributed by atoms with van der Waals surface area (Å²) >= 11 is 6.17. The van der Waals surface area contributed by atoms with Gasteiger partial charge < -0.3 is 0 Å². The first-order chi connectivity index (χ1) is 9.37. The van der Waals surface area contributed by atoms with Gasteiger partial charge in [0.25, 0.3) is 0 Å². The Morgan fingerprint density at radius 2 is 2.10 bits per heavy atom. The largest absolute Gasteiger partial charge is 0.289 e. The molecule has 0 bridgehead atoms. The highest BCUT2D eigenvalue weighted by Crippen LogP contribution is 2.23. The molecule has 4 nitrogen and oxygen atoms in total. The smallest absolute Gasteiger partial charge is 0.152 e. The van der Waals surface area contributed by atoms with Crippen molar-refractivity contribution < 1.29 is 8.42 Å². The molecule has 0 aromatic heterocycles. The van der Waals surface area contributed by atoms with Crippen LogP contribution in [0.5, 0.6) is 0 Å². The normalized spacial score (nSPS) is 20.6. The second-order valence-electron chi connectivity index (χ2n) is 5.29. The van der Waals surface area contributed by atoms with Crippen molar-refractivity contribution >= 4 is 27.1 Å². The van der Waals surface area contributed by atoms with Gasteiger partial charge in [-0.1, -0.05) is 29.8 Å². The van der Waals surface area contributed by atoms with Crippen molar-refractivity contribution in [1.82, 2.24) is 5.01 Å². The molecule has 0 N–H and O–H groups in total. The lowest BCUT2D eigenvalue weighted by Gasteiger charge is -2.26. The standard InChI is InChI=1S/C14H19ClN2O2S/c1-11(2)16-17(13-7-8-20(18,19)10-13)9-12-5-3-4-6-14(12)15/h3-6,13H,7-10H2,1-2H3/t13-/m1/s1. The highest BCUT2D eigenvalue weighted by atomic mass is 35.5. The van der Waals surface area contributed by atoms with Crippen LogP contribution in [0.25, 0.3) is 0 Å². The molecule has 0 saturated carbocycles. The second kappa shape index (κ2) is 6.14. The van der Waals surface area contributed by atoms with Crippen LogP contribution < -0.4 is 0 Å². The van der Waals surface area contributed by atoms with Gasteiger partial charge in [-0.25, -0.2) is 8.42 Å². The maximum atomic E-state index is 11.6. The Labute approximate surface area is 125 Å². The monoisotopic (exact) mass is 314 g/mol. The quantitative estimate of drug-likeness (QED) is 0.634. The van der Waals surface area contributed by atoms with Gasteiger partial charge in [-0.2, -0.15) is 5.10 Å². The summed E-state index contributed by atoms with van der Waals surface area (Å²) < 4.78 is 23.3. The van der Waals surface area contributed by atoms with Crippen molar-refractivity contribution in [2.24, 2.45) is 5.10 Å². The first-order valence-electron chi connectivity index (χ1n) is 6.60. The molecule has 0 aliphatic carbocycles. The van der Waals surface area contributed by atoms with Gasteiger partial charge in [0.05, 0.1) is 24.1 Å². The van der Waals surface area contributed by atoms with Crippen molar-refractivity contribution in [2.45, 2.75) is 32.9 Å². The van der Waals surface area contributed by atoms with Crippen molar-refractivity contribution in [3.05, 3.63) is 34.9 Å². The third-order valence-electron chi connectivity index (χ3n) is 3.25. The summed E-state index contributed by atoms with van der Waals surface area (Å²) in [4.78, 5) is 0. The minimum atomic E-state index is -2.92. The lowest BCUT2D eigenvalue weighted by atomic mass is 10.2. The van der Waals surface area contributed by atoms with E-state index in [2.05, 4.69) is 5.10 Å². The molecular weight excluding hydrogens is 296 g/mol. The van der Waals surface area contributed by atoms with Crippen molar-refractivity contribution in [2.75, 3.05) is 11.5 Å². The third-order valence-corrected chi connectivity index (χ3v) is 5.37. The van der Waals surface area contributed by atoms with E-state index in [0.29, 0.717) is 18.0 Å². The van der Waals surface area contributed by atoms with E-state index in [1.165, 1.54) is 0 Å². The summed E-state index contributed by atoms with van der Waals surface area (Å²) in [6, 6.07) is 7.52. The van der Waals surface area contributed by atoms with E-state index in [-0.39, 0.29) is 17.5 Å². The van der Waals surface area contributed by atoms with Gasteiger partial charge in [0.1, 0.15) is 0 Å². The Hall–Kier alpha value is -1.07. The number of benzene rings is 1. The highest BCUT2D eigenvalue weighted by molar-refractivity contribution is 7.91. The zero-order chi connectivity index (χ0) is 14.8. The van der Waals surface area contributed by atoms with E-state index in [1.807, 2.05) is 43.1 Å². The van der Waals surface area contributed by atoms with Crippen molar-refractivity contribution in [1.29, 1.82) is 0 Å². The third kappa shape index (κ3) is 3.96. The molecule has 0 spiro atoms. The molecule has 0 amide bonds. The Balaban J connectivity index is 2.21. The molecule has 1 saturated heterocycles. The molecule has 6 heteroatoms. The zero-order valence-electron chi connectivity index (χ0n) is 11.7. The van der Waals surface area contributed by atoms with E-state index in [0.717, 1.165) is 11.3 Å². The first-order valence-corrected chi connectivity index (χ1v) is 8.79. The molecule has 20 heavy (non-hydrogen) atoms. The molecular formula is C14H19ClN2O2S. The minimum absolute atomic E-state index is 0.0637. The summed E-state index contributed by atoms with van der Waals surface area (Å²) in [5, 5.41) is 7.03. The van der Waals surface area contributed by atoms with Gasteiger partial charge in [-0.3, -0.25) is 5.01 Å². The van der Waals surface area contributed by atoms with Gasteiger partial charge in [0.2, 0.25) is 0 Å². The van der Waals surface area contributed by atoms with E-state index >= 15 is 0 Å². The Kier molecular flexibility index (Phi) is 4.70. The fourth-order valence-corrected chi connectivity index (χ4v) is 4.23. The first kappa shape index (κ1) is 15.3. The van der Waals surface area contributed by atoms with Gasteiger partial charge in [0.15, 0.2) is 9.84 Å². The van der Waals surface area contributed by atoms with Crippen molar-refractivity contribution in [3.8, 4) is 0 Å².